The molecule has 0 aliphatic rings. The van der Waals surface area contributed by atoms with Gasteiger partial charge >= 0.3 is 0 Å². The molecule has 0 aromatic carbocycles. The van der Waals surface area contributed by atoms with Gasteiger partial charge in [-0.2, -0.15) is 0 Å². The molecule has 0 saturated heterocycles. The predicted octanol–water partition coefficient (Wildman–Crippen LogP) is 0.573. The molecular formula is C8H15N3OS. The molecule has 2 N–H and O–H groups in total. The minimum Gasteiger partial charge on any atom is -0.396 e. The first-order valence-corrected chi connectivity index (χ1v) is 5.27. The average molecular weight is 201 g/mol. The van der Waals surface area contributed by atoms with Gasteiger partial charge in [0.1, 0.15) is 0 Å². The molecule has 0 aliphatic carbocycles. The van der Waals surface area contributed by atoms with Crippen LogP contribution in [0, 0.1) is 0 Å². The molecule has 0 amide bonds. The van der Waals surface area contributed by atoms with Gasteiger partial charge < -0.3 is 10.4 Å². The molecule has 1 aromatic rings. The van der Waals surface area contributed by atoms with Gasteiger partial charge in [-0.25, -0.2) is 0 Å². The standard InChI is InChI=1S/C8H15N3OS/c1-2-7-8(13-11-10-7)6-9-4-3-5-12/h9,12H,2-6H2,1H3. The van der Waals surface area contributed by atoms with E-state index in [0.29, 0.717) is 0 Å². The molecule has 74 valence electrons. The van der Waals surface area contributed by atoms with E-state index in [1.807, 2.05) is 0 Å². The third-order valence-corrected chi connectivity index (χ3v) is 2.53. The number of rotatable bonds is 6. The number of hydrogen-bond acceptors (Lipinski definition) is 5. The van der Waals surface area contributed by atoms with Crippen LogP contribution in [0.2, 0.25) is 0 Å². The van der Waals surface area contributed by atoms with Crippen molar-refractivity contribution < 1.29 is 5.11 Å². The minimum atomic E-state index is 0.245. The number of hydrogen-bond donors (Lipinski definition) is 2. The van der Waals surface area contributed by atoms with E-state index in [4.69, 9.17) is 5.11 Å². The van der Waals surface area contributed by atoms with Gasteiger partial charge in [0.05, 0.1) is 10.6 Å². The van der Waals surface area contributed by atoms with Crippen molar-refractivity contribution in [1.82, 2.24) is 14.9 Å². The Hall–Kier alpha value is -0.520. The van der Waals surface area contributed by atoms with E-state index >= 15 is 0 Å². The van der Waals surface area contributed by atoms with Gasteiger partial charge in [-0.15, -0.1) is 5.10 Å². The maximum Gasteiger partial charge on any atom is 0.0797 e. The monoisotopic (exact) mass is 201 g/mol. The van der Waals surface area contributed by atoms with Gasteiger partial charge in [0.25, 0.3) is 0 Å². The second kappa shape index (κ2) is 6.01. The van der Waals surface area contributed by atoms with Crippen LogP contribution < -0.4 is 5.32 Å². The molecule has 1 heterocycles. The highest BCUT2D eigenvalue weighted by Crippen LogP contribution is 2.10. The van der Waals surface area contributed by atoms with Crippen molar-refractivity contribution in [3.63, 3.8) is 0 Å². The topological polar surface area (TPSA) is 58.0 Å². The van der Waals surface area contributed by atoms with Crippen LogP contribution in [-0.2, 0) is 13.0 Å². The molecule has 13 heavy (non-hydrogen) atoms. The van der Waals surface area contributed by atoms with Crippen LogP contribution in [0.1, 0.15) is 23.9 Å². The number of aryl methyl sites for hydroxylation is 1. The highest BCUT2D eigenvalue weighted by atomic mass is 32.1. The van der Waals surface area contributed by atoms with Gasteiger partial charge in [0, 0.05) is 13.2 Å². The number of nitrogens with zero attached hydrogens (tertiary/aromatic N) is 2. The van der Waals surface area contributed by atoms with Crippen molar-refractivity contribution in [2.45, 2.75) is 26.3 Å². The zero-order chi connectivity index (χ0) is 9.52. The number of aromatic nitrogens is 2. The van der Waals surface area contributed by atoms with Crippen molar-refractivity contribution in [2.75, 3.05) is 13.2 Å². The van der Waals surface area contributed by atoms with Crippen LogP contribution >= 0.6 is 11.5 Å². The number of aliphatic hydroxyl groups excluding tert-OH is 1. The highest BCUT2D eigenvalue weighted by molar-refractivity contribution is 7.05. The van der Waals surface area contributed by atoms with Crippen molar-refractivity contribution in [1.29, 1.82) is 0 Å². The molecule has 5 heteroatoms. The summed E-state index contributed by atoms with van der Waals surface area (Å²) in [6, 6.07) is 0. The second-order valence-corrected chi connectivity index (χ2v) is 3.59. The summed E-state index contributed by atoms with van der Waals surface area (Å²) in [6.45, 7) is 3.99. The van der Waals surface area contributed by atoms with Crippen LogP contribution in [0.15, 0.2) is 0 Å². The first-order chi connectivity index (χ1) is 6.38. The molecule has 0 unspecified atom stereocenters. The number of aliphatic hydroxyl groups is 1. The second-order valence-electron chi connectivity index (χ2n) is 2.75. The fraction of sp³-hybridized carbons (Fsp3) is 0.750. The Labute approximate surface area is 82.2 Å². The first-order valence-electron chi connectivity index (χ1n) is 4.50. The van der Waals surface area contributed by atoms with E-state index in [1.165, 1.54) is 16.4 Å². The maximum atomic E-state index is 8.56. The normalized spacial score (nSPS) is 10.6. The summed E-state index contributed by atoms with van der Waals surface area (Å²) in [5.41, 5.74) is 1.08. The molecule has 1 aromatic heterocycles. The Morgan fingerprint density at radius 1 is 1.54 bits per heavy atom. The lowest BCUT2D eigenvalue weighted by molar-refractivity contribution is 0.286. The van der Waals surface area contributed by atoms with Crippen molar-refractivity contribution in [3.8, 4) is 0 Å². The maximum absolute atomic E-state index is 8.56. The van der Waals surface area contributed by atoms with Gasteiger partial charge in [-0.3, -0.25) is 0 Å². The van der Waals surface area contributed by atoms with Gasteiger partial charge in [-0.1, -0.05) is 11.4 Å². The Bertz CT molecular complexity index is 239. The lowest BCUT2D eigenvalue weighted by Gasteiger charge is -2.01. The van der Waals surface area contributed by atoms with E-state index in [2.05, 4.69) is 21.8 Å². The Morgan fingerprint density at radius 3 is 3.08 bits per heavy atom. The molecule has 0 fully saturated rings. The number of nitrogens with one attached hydrogen (secondary N) is 1. The SMILES string of the molecule is CCc1nnsc1CNCCCO. The summed E-state index contributed by atoms with van der Waals surface area (Å²) >= 11 is 1.45. The molecule has 0 saturated carbocycles. The minimum absolute atomic E-state index is 0.245. The zero-order valence-electron chi connectivity index (χ0n) is 7.79. The molecule has 0 bridgehead atoms. The largest absolute Gasteiger partial charge is 0.396 e. The average Bonchev–Trinajstić information content (AvgIpc) is 2.60. The van der Waals surface area contributed by atoms with Gasteiger partial charge in [0.2, 0.25) is 0 Å². The fourth-order valence-electron chi connectivity index (χ4n) is 1.04. The Balaban J connectivity index is 2.27. The molecule has 1 rings (SSSR count). The van der Waals surface area contributed by atoms with E-state index in [9.17, 15) is 0 Å². The van der Waals surface area contributed by atoms with Crippen LogP contribution in [0.3, 0.4) is 0 Å². The highest BCUT2D eigenvalue weighted by Gasteiger charge is 2.03. The summed E-state index contributed by atoms with van der Waals surface area (Å²) in [4.78, 5) is 1.21. The van der Waals surface area contributed by atoms with Crippen LogP contribution in [0.5, 0.6) is 0 Å². The van der Waals surface area contributed by atoms with E-state index < -0.39 is 0 Å². The van der Waals surface area contributed by atoms with E-state index in [-0.39, 0.29) is 6.61 Å². The summed E-state index contributed by atoms with van der Waals surface area (Å²) in [5, 5.41) is 15.8. The van der Waals surface area contributed by atoms with Crippen molar-refractivity contribution >= 4 is 11.5 Å². The fourth-order valence-corrected chi connectivity index (χ4v) is 1.73. The van der Waals surface area contributed by atoms with Crippen molar-refractivity contribution in [2.24, 2.45) is 0 Å². The predicted molar refractivity (Wildman–Crippen MR) is 52.7 cm³/mol. The third kappa shape index (κ3) is 3.38. The van der Waals surface area contributed by atoms with Crippen LogP contribution in [0.25, 0.3) is 0 Å². The smallest absolute Gasteiger partial charge is 0.0797 e. The zero-order valence-corrected chi connectivity index (χ0v) is 8.60. The molecule has 0 radical (unpaired) electrons. The van der Waals surface area contributed by atoms with Crippen LogP contribution in [-0.4, -0.2) is 27.8 Å². The summed E-state index contributed by atoms with van der Waals surface area (Å²) < 4.78 is 3.89. The Morgan fingerprint density at radius 2 is 2.38 bits per heavy atom. The molecule has 4 nitrogen and oxygen atoms in total. The van der Waals surface area contributed by atoms with Crippen LogP contribution in [0.4, 0.5) is 0 Å². The lowest BCUT2D eigenvalue weighted by Crippen LogP contribution is -2.15. The summed E-state index contributed by atoms with van der Waals surface area (Å²) in [5.74, 6) is 0. The Kier molecular flexibility index (Phi) is 4.88. The van der Waals surface area contributed by atoms with Gasteiger partial charge in [0.15, 0.2) is 0 Å². The first kappa shape index (κ1) is 10.6. The molecule has 0 spiro atoms. The molecular weight excluding hydrogens is 186 g/mol. The van der Waals surface area contributed by atoms with E-state index in [0.717, 1.165) is 31.6 Å². The quantitative estimate of drug-likeness (QED) is 0.661. The molecule has 0 atom stereocenters. The van der Waals surface area contributed by atoms with Gasteiger partial charge in [-0.05, 0) is 30.9 Å². The summed E-state index contributed by atoms with van der Waals surface area (Å²) in [7, 11) is 0. The van der Waals surface area contributed by atoms with E-state index in [1.54, 1.807) is 0 Å². The summed E-state index contributed by atoms with van der Waals surface area (Å²) in [6.07, 6.45) is 1.74. The third-order valence-electron chi connectivity index (χ3n) is 1.77. The van der Waals surface area contributed by atoms with Crippen molar-refractivity contribution in [3.05, 3.63) is 10.6 Å². The molecule has 0 aliphatic heterocycles. The lowest BCUT2D eigenvalue weighted by atomic mass is 10.3.